The highest BCUT2D eigenvalue weighted by Gasteiger charge is 2.29. The lowest BCUT2D eigenvalue weighted by Gasteiger charge is -2.32. The van der Waals surface area contributed by atoms with Gasteiger partial charge in [-0.3, -0.25) is 4.79 Å². The maximum atomic E-state index is 11.5. The third-order valence-electron chi connectivity index (χ3n) is 3.45. The van der Waals surface area contributed by atoms with Crippen LogP contribution in [0.1, 0.15) is 59.8 Å². The molecule has 94 valence electrons. The summed E-state index contributed by atoms with van der Waals surface area (Å²) in [6.45, 7) is 7.11. The molecule has 0 saturated carbocycles. The molecule has 0 aliphatic rings. The highest BCUT2D eigenvalue weighted by molar-refractivity contribution is 5.80. The van der Waals surface area contributed by atoms with Crippen molar-refractivity contribution in [1.29, 1.82) is 0 Å². The van der Waals surface area contributed by atoms with Gasteiger partial charge in [-0.15, -0.1) is 0 Å². The number of carboxylic acid groups (broad SMARTS) is 1. The van der Waals surface area contributed by atoms with Gasteiger partial charge in [0.25, 0.3) is 0 Å². The molecule has 0 radical (unpaired) electrons. The van der Waals surface area contributed by atoms with Gasteiger partial charge in [-0.1, -0.05) is 33.6 Å². The van der Waals surface area contributed by atoms with E-state index < -0.39 is 11.4 Å². The van der Waals surface area contributed by atoms with Crippen molar-refractivity contribution in [2.75, 3.05) is 0 Å². The third-order valence-corrected chi connectivity index (χ3v) is 3.45. The number of Topliss-reactive ketones (excluding diaryl/α,β-unsaturated/α-hetero) is 1. The Morgan fingerprint density at radius 1 is 1.31 bits per heavy atom. The molecule has 2 atom stereocenters. The van der Waals surface area contributed by atoms with E-state index in [1.807, 2.05) is 6.92 Å². The molecule has 0 aliphatic carbocycles. The van der Waals surface area contributed by atoms with Gasteiger partial charge >= 0.3 is 0 Å². The number of carbonyl (C=O) groups excluding carboxylic acids is 2. The van der Waals surface area contributed by atoms with Gasteiger partial charge in [0, 0.05) is 17.3 Å². The van der Waals surface area contributed by atoms with Crippen LogP contribution in [0.4, 0.5) is 0 Å². The van der Waals surface area contributed by atoms with Crippen molar-refractivity contribution in [3.8, 4) is 0 Å². The van der Waals surface area contributed by atoms with E-state index in [0.717, 1.165) is 19.3 Å². The van der Waals surface area contributed by atoms with Crippen LogP contribution < -0.4 is 5.11 Å². The van der Waals surface area contributed by atoms with Crippen LogP contribution in [-0.2, 0) is 9.59 Å². The summed E-state index contributed by atoms with van der Waals surface area (Å²) in [6, 6.07) is 0. The van der Waals surface area contributed by atoms with Crippen molar-refractivity contribution >= 4 is 11.8 Å². The second-order valence-corrected chi connectivity index (χ2v) is 4.86. The van der Waals surface area contributed by atoms with Crippen LogP contribution in [0.15, 0.2) is 0 Å². The van der Waals surface area contributed by atoms with Crippen LogP contribution in [0.5, 0.6) is 0 Å². The Balaban J connectivity index is 4.59. The normalized spacial score (nSPS) is 16.5. The zero-order chi connectivity index (χ0) is 12.8. The molecule has 16 heavy (non-hydrogen) atoms. The number of aliphatic carboxylic acids is 1. The number of ketones is 1. The van der Waals surface area contributed by atoms with E-state index in [-0.39, 0.29) is 11.7 Å². The zero-order valence-electron chi connectivity index (χ0n) is 10.8. The molecule has 0 aliphatic heterocycles. The lowest BCUT2D eigenvalue weighted by molar-refractivity contribution is -0.319. The largest absolute Gasteiger partial charge is 0.550 e. The van der Waals surface area contributed by atoms with Gasteiger partial charge in [0.15, 0.2) is 0 Å². The molecule has 0 aromatic rings. The summed E-state index contributed by atoms with van der Waals surface area (Å²) in [5, 5.41) is 11.1. The summed E-state index contributed by atoms with van der Waals surface area (Å²) in [5.41, 5.74) is -0.871. The second-order valence-electron chi connectivity index (χ2n) is 4.86. The van der Waals surface area contributed by atoms with Gasteiger partial charge < -0.3 is 9.90 Å². The fraction of sp³-hybridized carbons (Fsp3) is 0.846. The number of carboxylic acids is 1. The summed E-state index contributed by atoms with van der Waals surface area (Å²) in [5.74, 6) is -1.09. The molecular formula is C13H23O3-. The lowest BCUT2D eigenvalue weighted by atomic mass is 9.76. The molecule has 0 aromatic heterocycles. The number of unbranched alkanes of at least 4 members (excludes halogenated alkanes) is 1. The average molecular weight is 227 g/mol. The van der Waals surface area contributed by atoms with E-state index in [4.69, 9.17) is 0 Å². The Morgan fingerprint density at radius 3 is 2.19 bits per heavy atom. The summed E-state index contributed by atoms with van der Waals surface area (Å²) >= 11 is 0. The van der Waals surface area contributed by atoms with Crippen molar-refractivity contribution in [3.05, 3.63) is 0 Å². The van der Waals surface area contributed by atoms with E-state index in [9.17, 15) is 14.7 Å². The Labute approximate surface area is 98.2 Å². The molecule has 0 rings (SSSR count). The van der Waals surface area contributed by atoms with E-state index in [0.29, 0.717) is 12.8 Å². The van der Waals surface area contributed by atoms with E-state index in [2.05, 4.69) is 6.92 Å². The molecule has 0 aromatic carbocycles. The minimum atomic E-state index is -1.04. The highest BCUT2D eigenvalue weighted by atomic mass is 16.4. The van der Waals surface area contributed by atoms with E-state index >= 15 is 0 Å². The molecule has 0 spiro atoms. The third kappa shape index (κ3) is 4.33. The summed E-state index contributed by atoms with van der Waals surface area (Å²) in [7, 11) is 0. The zero-order valence-corrected chi connectivity index (χ0v) is 10.8. The highest BCUT2D eigenvalue weighted by Crippen LogP contribution is 2.31. The minimum absolute atomic E-state index is 0.0920. The fourth-order valence-corrected chi connectivity index (χ4v) is 1.82. The van der Waals surface area contributed by atoms with Gasteiger partial charge in [0.2, 0.25) is 0 Å². The summed E-state index contributed by atoms with van der Waals surface area (Å²) in [4.78, 5) is 22.5. The van der Waals surface area contributed by atoms with E-state index in [1.54, 1.807) is 13.8 Å². The van der Waals surface area contributed by atoms with Gasteiger partial charge in [-0.05, 0) is 26.2 Å². The predicted molar refractivity (Wildman–Crippen MR) is 61.7 cm³/mol. The number of hydrogen-bond donors (Lipinski definition) is 0. The molecule has 0 amide bonds. The van der Waals surface area contributed by atoms with Crippen molar-refractivity contribution < 1.29 is 14.7 Å². The van der Waals surface area contributed by atoms with Crippen LogP contribution in [-0.4, -0.2) is 11.8 Å². The van der Waals surface area contributed by atoms with Gasteiger partial charge in [0.05, 0.1) is 0 Å². The number of hydrogen-bond acceptors (Lipinski definition) is 3. The molecule has 3 nitrogen and oxygen atoms in total. The van der Waals surface area contributed by atoms with Crippen LogP contribution in [0.25, 0.3) is 0 Å². The van der Waals surface area contributed by atoms with Gasteiger partial charge in [-0.25, -0.2) is 0 Å². The minimum Gasteiger partial charge on any atom is -0.550 e. The molecule has 0 fully saturated rings. The Bertz CT molecular complexity index is 248. The van der Waals surface area contributed by atoms with Crippen molar-refractivity contribution in [3.63, 3.8) is 0 Å². The van der Waals surface area contributed by atoms with Crippen LogP contribution in [0, 0.1) is 11.3 Å². The molecule has 0 heterocycles. The van der Waals surface area contributed by atoms with Crippen molar-refractivity contribution in [2.24, 2.45) is 11.3 Å². The molecular weight excluding hydrogens is 204 g/mol. The van der Waals surface area contributed by atoms with Crippen molar-refractivity contribution in [1.82, 2.24) is 0 Å². The first kappa shape index (κ1) is 15.1. The maximum Gasteiger partial charge on any atom is 0.132 e. The quantitative estimate of drug-likeness (QED) is 0.636. The molecule has 2 unspecified atom stereocenters. The first-order valence-corrected chi connectivity index (χ1v) is 6.09. The first-order chi connectivity index (χ1) is 7.37. The second kappa shape index (κ2) is 6.66. The van der Waals surface area contributed by atoms with Crippen LogP contribution >= 0.6 is 0 Å². The van der Waals surface area contributed by atoms with Crippen molar-refractivity contribution in [2.45, 2.75) is 59.8 Å². The monoisotopic (exact) mass is 227 g/mol. The fourth-order valence-electron chi connectivity index (χ4n) is 1.82. The summed E-state index contributed by atoms with van der Waals surface area (Å²) < 4.78 is 0. The lowest BCUT2D eigenvalue weighted by Crippen LogP contribution is -2.41. The van der Waals surface area contributed by atoms with Crippen LogP contribution in [0.2, 0.25) is 0 Å². The Kier molecular flexibility index (Phi) is 6.31. The summed E-state index contributed by atoms with van der Waals surface area (Å²) in [6.07, 6.45) is 3.69. The number of rotatable bonds is 8. The molecule has 0 bridgehead atoms. The maximum absolute atomic E-state index is 11.5. The molecule has 0 N–H and O–H groups in total. The number of carbonyl (C=O) groups is 2. The molecule has 3 heteroatoms. The van der Waals surface area contributed by atoms with E-state index in [1.165, 1.54) is 0 Å². The first-order valence-electron chi connectivity index (χ1n) is 6.09. The topological polar surface area (TPSA) is 57.2 Å². The SMILES string of the molecule is CCCCC(CC(C)(CC)C(=O)[O-])C(C)=O. The smallest absolute Gasteiger partial charge is 0.132 e. The standard InChI is InChI=1S/C13H24O3/c1-5-7-8-11(10(3)14)9-13(4,6-2)12(15)16/h11H,5-9H2,1-4H3,(H,15,16)/p-1. The van der Waals surface area contributed by atoms with Gasteiger partial charge in [0.1, 0.15) is 5.78 Å². The Morgan fingerprint density at radius 2 is 1.88 bits per heavy atom. The average Bonchev–Trinajstić information content (AvgIpc) is 2.23. The predicted octanol–water partition coefficient (Wildman–Crippen LogP) is 1.94. The van der Waals surface area contributed by atoms with Gasteiger partial charge in [-0.2, -0.15) is 0 Å². The Hall–Kier alpha value is -0.860. The molecule has 0 saturated heterocycles. The van der Waals surface area contributed by atoms with Crippen LogP contribution in [0.3, 0.4) is 0 Å².